The third kappa shape index (κ3) is 5.11. The Kier molecular flexibility index (Phi) is 8.06. The van der Waals surface area contributed by atoms with E-state index in [0.717, 1.165) is 38.5 Å². The zero-order valence-corrected chi connectivity index (χ0v) is 25.4. The van der Waals surface area contributed by atoms with Crippen molar-refractivity contribution >= 4 is 46.0 Å². The van der Waals surface area contributed by atoms with E-state index < -0.39 is 11.6 Å². The van der Waals surface area contributed by atoms with Gasteiger partial charge in [-0.25, -0.2) is 13.6 Å². The summed E-state index contributed by atoms with van der Waals surface area (Å²) in [6, 6.07) is 4.89. The predicted octanol–water partition coefficient (Wildman–Crippen LogP) is 5.74. The quantitative estimate of drug-likeness (QED) is 0.317. The summed E-state index contributed by atoms with van der Waals surface area (Å²) in [7, 11) is 0. The number of anilines is 1. The minimum absolute atomic E-state index is 0.0779. The summed E-state index contributed by atoms with van der Waals surface area (Å²) in [4.78, 5) is 38.0. The van der Waals surface area contributed by atoms with Gasteiger partial charge in [-0.1, -0.05) is 18.2 Å². The first-order chi connectivity index (χ1) is 20.2. The largest absolute Gasteiger partial charge is 0.350 e. The molecule has 6 rings (SSSR count). The van der Waals surface area contributed by atoms with E-state index in [1.807, 2.05) is 13.8 Å². The normalized spacial score (nSPS) is 22.4. The van der Waals surface area contributed by atoms with Crippen LogP contribution >= 0.6 is 23.4 Å². The summed E-state index contributed by atoms with van der Waals surface area (Å²) in [6.45, 7) is 11.8. The smallest absolute Gasteiger partial charge is 0.349 e. The number of nitrogens with zero attached hydrogens (tertiary/aromatic N) is 5. The number of rotatable bonds is 7. The molecule has 0 N–H and O–H groups in total. The molecule has 0 saturated carbocycles. The molecule has 3 aromatic rings. The summed E-state index contributed by atoms with van der Waals surface area (Å²) in [5, 5.41) is 1.02. The Bertz CT molecular complexity index is 1630. The molecular weight excluding hydrogens is 580 g/mol. The van der Waals surface area contributed by atoms with Crippen molar-refractivity contribution in [1.82, 2.24) is 19.4 Å². The van der Waals surface area contributed by atoms with Gasteiger partial charge in [-0.05, 0) is 77.0 Å². The fourth-order valence-electron chi connectivity index (χ4n) is 6.44. The van der Waals surface area contributed by atoms with Gasteiger partial charge in [0.25, 0.3) is 0 Å². The third-order valence-corrected chi connectivity index (χ3v) is 10.3. The number of hydrogen-bond donors (Lipinski definition) is 0. The second-order valence-electron chi connectivity index (χ2n) is 11.5. The maximum Gasteiger partial charge on any atom is 0.350 e. The molecule has 0 radical (unpaired) electrons. The number of carbonyl (C=O) groups excluding carboxylic acids is 1. The standard InChI is InChI=1S/C31H34ClF2N5O2S/c1-4-26(40)37-15-19(3)38(16-18(37)2)30-23-14-24(32)27(22-9-8-20(33)13-25(22)34)29-28(23)39(31(41)35-30)21(17-42-29)7-5-10-36-11-6-12-36/h4,8-9,13-14,18-19,21H,1,5-7,10-12,15-17H2,2-3H3/t18-,19+,21?/m1/s1. The SMILES string of the molecule is C=CC(=O)N1C[C@H](C)N(c2nc(=O)n3c4c(c(-c5ccc(F)cc5F)c(Cl)cc24)SCC3CCCN2CCC2)C[C@H]1C. The molecule has 42 heavy (non-hydrogen) atoms. The number of likely N-dealkylation sites (tertiary alicyclic amines) is 1. The molecule has 0 spiro atoms. The topological polar surface area (TPSA) is 61.7 Å². The Morgan fingerprint density at radius 2 is 1.98 bits per heavy atom. The Labute approximate surface area is 253 Å². The zero-order chi connectivity index (χ0) is 29.7. The van der Waals surface area contributed by atoms with E-state index in [9.17, 15) is 14.0 Å². The van der Waals surface area contributed by atoms with E-state index in [1.165, 1.54) is 24.6 Å². The van der Waals surface area contributed by atoms with Crippen LogP contribution in [-0.4, -0.2) is 75.8 Å². The molecule has 3 atom stereocenters. The van der Waals surface area contributed by atoms with Gasteiger partial charge in [-0.3, -0.25) is 9.36 Å². The second kappa shape index (κ2) is 11.6. The van der Waals surface area contributed by atoms with Gasteiger partial charge < -0.3 is 14.7 Å². The summed E-state index contributed by atoms with van der Waals surface area (Å²) in [5.74, 6) is -0.386. The molecule has 11 heteroatoms. The molecule has 0 aliphatic carbocycles. The molecule has 4 heterocycles. The van der Waals surface area contributed by atoms with Crippen molar-refractivity contribution in [3.8, 4) is 11.1 Å². The van der Waals surface area contributed by atoms with Gasteiger partial charge in [0.15, 0.2) is 0 Å². The molecule has 222 valence electrons. The van der Waals surface area contributed by atoms with Crippen LogP contribution in [0, 0.1) is 11.6 Å². The highest BCUT2D eigenvalue weighted by Crippen LogP contribution is 2.48. The lowest BCUT2D eigenvalue weighted by atomic mass is 10.0. The van der Waals surface area contributed by atoms with Gasteiger partial charge in [-0.15, -0.1) is 11.8 Å². The second-order valence-corrected chi connectivity index (χ2v) is 13.0. The molecule has 2 fully saturated rings. The Balaban J connectivity index is 1.50. The van der Waals surface area contributed by atoms with E-state index in [0.29, 0.717) is 51.0 Å². The first kappa shape index (κ1) is 29.1. The fraction of sp³-hybridized carbons (Fsp3) is 0.452. The van der Waals surface area contributed by atoms with Gasteiger partial charge in [-0.2, -0.15) is 4.98 Å². The molecule has 2 aromatic carbocycles. The van der Waals surface area contributed by atoms with Crippen molar-refractivity contribution in [2.45, 2.75) is 56.1 Å². The molecule has 3 aliphatic rings. The summed E-state index contributed by atoms with van der Waals surface area (Å²) >= 11 is 8.47. The molecule has 3 aliphatic heterocycles. The Morgan fingerprint density at radius 3 is 2.67 bits per heavy atom. The number of piperazine rings is 1. The van der Waals surface area contributed by atoms with E-state index in [4.69, 9.17) is 11.6 Å². The maximum atomic E-state index is 15.1. The van der Waals surface area contributed by atoms with Crippen molar-refractivity contribution < 1.29 is 13.6 Å². The van der Waals surface area contributed by atoms with E-state index in [-0.39, 0.29) is 35.3 Å². The van der Waals surface area contributed by atoms with Crippen molar-refractivity contribution in [3.05, 3.63) is 64.1 Å². The summed E-state index contributed by atoms with van der Waals surface area (Å²) in [6.07, 6.45) is 4.32. The van der Waals surface area contributed by atoms with Crippen LogP contribution in [0.15, 0.2) is 46.6 Å². The maximum absolute atomic E-state index is 15.1. The lowest BCUT2D eigenvalue weighted by Crippen LogP contribution is -2.58. The van der Waals surface area contributed by atoms with Crippen molar-refractivity contribution in [2.75, 3.05) is 43.4 Å². The monoisotopic (exact) mass is 613 g/mol. The number of benzene rings is 2. The van der Waals surface area contributed by atoms with Gasteiger partial charge in [0.05, 0.1) is 10.5 Å². The van der Waals surface area contributed by atoms with Gasteiger partial charge in [0, 0.05) is 64.4 Å². The Morgan fingerprint density at radius 1 is 1.19 bits per heavy atom. The third-order valence-electron chi connectivity index (χ3n) is 8.76. The van der Waals surface area contributed by atoms with Gasteiger partial charge in [0.2, 0.25) is 5.91 Å². The minimum atomic E-state index is -0.710. The fourth-order valence-corrected chi connectivity index (χ4v) is 8.18. The molecular formula is C31H34ClF2N5O2S. The number of aromatic nitrogens is 2. The van der Waals surface area contributed by atoms with Crippen LogP contribution in [0.25, 0.3) is 22.0 Å². The minimum Gasteiger partial charge on any atom is -0.349 e. The van der Waals surface area contributed by atoms with Crippen LogP contribution in [0.4, 0.5) is 14.6 Å². The van der Waals surface area contributed by atoms with E-state index in [1.54, 1.807) is 27.3 Å². The highest BCUT2D eigenvalue weighted by Gasteiger charge is 2.36. The van der Waals surface area contributed by atoms with Crippen LogP contribution in [0.3, 0.4) is 0 Å². The zero-order valence-electron chi connectivity index (χ0n) is 23.8. The average Bonchev–Trinajstić information content (AvgIpc) is 2.93. The highest BCUT2D eigenvalue weighted by molar-refractivity contribution is 7.99. The predicted molar refractivity (Wildman–Crippen MR) is 165 cm³/mol. The molecule has 0 bridgehead atoms. The van der Waals surface area contributed by atoms with Crippen molar-refractivity contribution in [3.63, 3.8) is 0 Å². The number of carbonyl (C=O) groups is 1. The van der Waals surface area contributed by atoms with Crippen LogP contribution in [0.5, 0.6) is 0 Å². The molecule has 1 aromatic heterocycles. The lowest BCUT2D eigenvalue weighted by molar-refractivity contribution is -0.128. The number of hydrogen-bond acceptors (Lipinski definition) is 6. The number of halogens is 3. The first-order valence-electron chi connectivity index (χ1n) is 14.5. The van der Waals surface area contributed by atoms with Crippen molar-refractivity contribution in [1.29, 1.82) is 0 Å². The summed E-state index contributed by atoms with van der Waals surface area (Å²) in [5.41, 5.74) is 0.977. The van der Waals surface area contributed by atoms with Crippen LogP contribution in [0.1, 0.15) is 39.2 Å². The average molecular weight is 614 g/mol. The Hall–Kier alpha value is -2.95. The molecule has 2 saturated heterocycles. The number of thioether (sulfide) groups is 1. The first-order valence-corrected chi connectivity index (χ1v) is 15.8. The van der Waals surface area contributed by atoms with Crippen LogP contribution in [0.2, 0.25) is 5.02 Å². The molecule has 7 nitrogen and oxygen atoms in total. The van der Waals surface area contributed by atoms with E-state index >= 15 is 4.39 Å². The molecule has 1 amide bonds. The van der Waals surface area contributed by atoms with Gasteiger partial charge in [0.1, 0.15) is 17.5 Å². The van der Waals surface area contributed by atoms with Gasteiger partial charge >= 0.3 is 5.69 Å². The molecule has 1 unspecified atom stereocenters. The van der Waals surface area contributed by atoms with Crippen LogP contribution in [-0.2, 0) is 4.79 Å². The summed E-state index contributed by atoms with van der Waals surface area (Å²) < 4.78 is 30.8. The highest BCUT2D eigenvalue weighted by atomic mass is 35.5. The van der Waals surface area contributed by atoms with Crippen molar-refractivity contribution in [2.24, 2.45) is 0 Å². The van der Waals surface area contributed by atoms with Crippen LogP contribution < -0.4 is 10.6 Å². The number of amides is 1. The van der Waals surface area contributed by atoms with E-state index in [2.05, 4.69) is 21.4 Å². The lowest BCUT2D eigenvalue weighted by Gasteiger charge is -2.45.